The highest BCUT2D eigenvalue weighted by Gasteiger charge is 2.16. The Hall–Kier alpha value is -1.91. The molecule has 3 rings (SSSR count). The molecule has 0 amide bonds. The van der Waals surface area contributed by atoms with Crippen LogP contribution in [0.3, 0.4) is 0 Å². The van der Waals surface area contributed by atoms with Crippen LogP contribution in [0.15, 0.2) is 18.5 Å². The molecule has 3 heterocycles. The van der Waals surface area contributed by atoms with Crippen LogP contribution in [0.1, 0.15) is 12.8 Å². The molecule has 2 aromatic heterocycles. The third-order valence-corrected chi connectivity index (χ3v) is 2.91. The molecule has 0 bridgehead atoms. The first-order chi connectivity index (χ1) is 7.84. The number of nitrogens with two attached hydrogens (primary N) is 1. The van der Waals surface area contributed by atoms with E-state index in [2.05, 4.69) is 19.9 Å². The van der Waals surface area contributed by atoms with Crippen molar-refractivity contribution in [3.05, 3.63) is 18.5 Å². The number of hydrogen-bond acceptors (Lipinski definition) is 5. The van der Waals surface area contributed by atoms with Crippen LogP contribution >= 0.6 is 0 Å². The van der Waals surface area contributed by atoms with E-state index in [9.17, 15) is 0 Å². The Bertz CT molecular complexity index is 519. The number of aromatic nitrogens is 3. The Balaban J connectivity index is 2.13. The largest absolute Gasteiger partial charge is 0.383 e. The third kappa shape index (κ3) is 1.44. The molecule has 0 atom stereocenters. The number of fused-ring (bicyclic) bond motifs is 1. The number of anilines is 2. The molecule has 0 spiro atoms. The van der Waals surface area contributed by atoms with Crippen molar-refractivity contribution >= 4 is 22.7 Å². The predicted octanol–water partition coefficient (Wildman–Crippen LogP) is 1.21. The molecule has 5 nitrogen and oxygen atoms in total. The van der Waals surface area contributed by atoms with Crippen LogP contribution in [0.2, 0.25) is 0 Å². The summed E-state index contributed by atoms with van der Waals surface area (Å²) in [5, 5.41) is 0.873. The fourth-order valence-corrected chi connectivity index (χ4v) is 2.05. The normalized spacial score (nSPS) is 15.9. The van der Waals surface area contributed by atoms with E-state index in [4.69, 9.17) is 5.73 Å². The van der Waals surface area contributed by atoms with Gasteiger partial charge in [0, 0.05) is 24.7 Å². The Morgan fingerprint density at radius 2 is 2.00 bits per heavy atom. The minimum Gasteiger partial charge on any atom is -0.383 e. The molecule has 2 N–H and O–H groups in total. The van der Waals surface area contributed by atoms with Crippen LogP contribution in [-0.4, -0.2) is 28.0 Å². The van der Waals surface area contributed by atoms with Crippen molar-refractivity contribution < 1.29 is 0 Å². The summed E-state index contributed by atoms with van der Waals surface area (Å²) in [7, 11) is 0. The molecule has 0 aliphatic carbocycles. The van der Waals surface area contributed by atoms with E-state index in [0.29, 0.717) is 5.82 Å². The molecule has 2 aromatic rings. The van der Waals surface area contributed by atoms with Gasteiger partial charge in [-0.3, -0.25) is 4.98 Å². The molecule has 1 saturated heterocycles. The van der Waals surface area contributed by atoms with Gasteiger partial charge in [-0.2, -0.15) is 4.98 Å². The molecule has 0 unspecified atom stereocenters. The Morgan fingerprint density at radius 3 is 2.81 bits per heavy atom. The van der Waals surface area contributed by atoms with Crippen LogP contribution < -0.4 is 10.6 Å². The number of nitrogens with zero attached hydrogens (tertiary/aromatic N) is 4. The van der Waals surface area contributed by atoms with Gasteiger partial charge < -0.3 is 10.6 Å². The van der Waals surface area contributed by atoms with Gasteiger partial charge in [-0.05, 0) is 18.9 Å². The predicted molar refractivity (Wildman–Crippen MR) is 63.2 cm³/mol. The fraction of sp³-hybridized carbons (Fsp3) is 0.364. The van der Waals surface area contributed by atoms with E-state index >= 15 is 0 Å². The number of rotatable bonds is 1. The zero-order valence-corrected chi connectivity index (χ0v) is 8.93. The van der Waals surface area contributed by atoms with Crippen LogP contribution in [-0.2, 0) is 0 Å². The van der Waals surface area contributed by atoms with Gasteiger partial charge in [-0.15, -0.1) is 0 Å². The average Bonchev–Trinajstić information content (AvgIpc) is 2.82. The van der Waals surface area contributed by atoms with Crippen LogP contribution in [0.5, 0.6) is 0 Å². The van der Waals surface area contributed by atoms with Crippen molar-refractivity contribution in [2.45, 2.75) is 12.8 Å². The summed E-state index contributed by atoms with van der Waals surface area (Å²) in [5.74, 6) is 1.27. The van der Waals surface area contributed by atoms with Crippen molar-refractivity contribution in [3.63, 3.8) is 0 Å². The van der Waals surface area contributed by atoms with Crippen LogP contribution in [0.25, 0.3) is 10.9 Å². The van der Waals surface area contributed by atoms with Gasteiger partial charge in [0.05, 0.1) is 11.7 Å². The number of nitrogen functional groups attached to an aromatic ring is 1. The second-order valence-corrected chi connectivity index (χ2v) is 4.00. The summed E-state index contributed by atoms with van der Waals surface area (Å²) in [6.45, 7) is 2.04. The highest BCUT2D eigenvalue weighted by atomic mass is 15.3. The van der Waals surface area contributed by atoms with Crippen molar-refractivity contribution in [1.82, 2.24) is 15.0 Å². The molecule has 5 heteroatoms. The van der Waals surface area contributed by atoms with Gasteiger partial charge in [0.2, 0.25) is 5.95 Å². The zero-order chi connectivity index (χ0) is 11.0. The van der Waals surface area contributed by atoms with E-state index in [0.717, 1.165) is 29.9 Å². The lowest BCUT2D eigenvalue weighted by atomic mass is 10.3. The SMILES string of the molecule is Nc1nc(N2CCCC2)nc2cnccc12. The first kappa shape index (κ1) is 9.33. The third-order valence-electron chi connectivity index (χ3n) is 2.91. The average molecular weight is 215 g/mol. The standard InChI is InChI=1S/C11H13N5/c12-10-8-3-4-13-7-9(8)14-11(15-10)16-5-1-2-6-16/h3-4,7H,1-2,5-6H2,(H2,12,14,15). The first-order valence-corrected chi connectivity index (χ1v) is 5.47. The maximum absolute atomic E-state index is 5.92. The van der Waals surface area contributed by atoms with Crippen molar-refractivity contribution in [3.8, 4) is 0 Å². The molecule has 1 aliphatic heterocycles. The van der Waals surface area contributed by atoms with Gasteiger partial charge in [-0.1, -0.05) is 0 Å². The summed E-state index contributed by atoms with van der Waals surface area (Å²) in [6.07, 6.45) is 5.84. The van der Waals surface area contributed by atoms with E-state index in [-0.39, 0.29) is 0 Å². The lowest BCUT2D eigenvalue weighted by Crippen LogP contribution is -2.20. The Kier molecular flexibility index (Phi) is 2.09. The van der Waals surface area contributed by atoms with E-state index < -0.39 is 0 Å². The molecule has 0 radical (unpaired) electrons. The molecular formula is C11H13N5. The molecule has 1 aliphatic rings. The van der Waals surface area contributed by atoms with Gasteiger partial charge >= 0.3 is 0 Å². The van der Waals surface area contributed by atoms with E-state index in [1.165, 1.54) is 12.8 Å². The maximum atomic E-state index is 5.92. The van der Waals surface area contributed by atoms with Crippen molar-refractivity contribution in [2.75, 3.05) is 23.7 Å². The van der Waals surface area contributed by atoms with Crippen LogP contribution in [0, 0.1) is 0 Å². The van der Waals surface area contributed by atoms with Gasteiger partial charge in [0.25, 0.3) is 0 Å². The first-order valence-electron chi connectivity index (χ1n) is 5.47. The number of hydrogen-bond donors (Lipinski definition) is 1. The maximum Gasteiger partial charge on any atom is 0.227 e. The number of pyridine rings is 1. The van der Waals surface area contributed by atoms with E-state index in [1.807, 2.05) is 6.07 Å². The summed E-state index contributed by atoms with van der Waals surface area (Å²) < 4.78 is 0. The fourth-order valence-electron chi connectivity index (χ4n) is 2.05. The van der Waals surface area contributed by atoms with Gasteiger partial charge in [0.1, 0.15) is 5.82 Å². The molecular weight excluding hydrogens is 202 g/mol. The molecule has 0 aromatic carbocycles. The van der Waals surface area contributed by atoms with Gasteiger partial charge in [0.15, 0.2) is 0 Å². The monoisotopic (exact) mass is 215 g/mol. The van der Waals surface area contributed by atoms with Gasteiger partial charge in [-0.25, -0.2) is 4.98 Å². The summed E-state index contributed by atoms with van der Waals surface area (Å²) >= 11 is 0. The highest BCUT2D eigenvalue weighted by molar-refractivity contribution is 5.88. The minimum atomic E-state index is 0.536. The second kappa shape index (κ2) is 3.59. The summed E-state index contributed by atoms with van der Waals surface area (Å²) in [4.78, 5) is 15.1. The van der Waals surface area contributed by atoms with Crippen molar-refractivity contribution in [2.24, 2.45) is 0 Å². The zero-order valence-electron chi connectivity index (χ0n) is 8.93. The molecule has 0 saturated carbocycles. The van der Waals surface area contributed by atoms with E-state index in [1.54, 1.807) is 12.4 Å². The van der Waals surface area contributed by atoms with Crippen molar-refractivity contribution in [1.29, 1.82) is 0 Å². The molecule has 82 valence electrons. The second-order valence-electron chi connectivity index (χ2n) is 4.00. The minimum absolute atomic E-state index is 0.536. The highest BCUT2D eigenvalue weighted by Crippen LogP contribution is 2.22. The quantitative estimate of drug-likeness (QED) is 0.774. The molecule has 1 fully saturated rings. The smallest absolute Gasteiger partial charge is 0.227 e. The lowest BCUT2D eigenvalue weighted by Gasteiger charge is -2.15. The molecule has 16 heavy (non-hydrogen) atoms. The van der Waals surface area contributed by atoms with Crippen LogP contribution in [0.4, 0.5) is 11.8 Å². The lowest BCUT2D eigenvalue weighted by molar-refractivity contribution is 0.909. The Labute approximate surface area is 93.3 Å². The summed E-state index contributed by atoms with van der Waals surface area (Å²) in [5.41, 5.74) is 6.74. The topological polar surface area (TPSA) is 67.9 Å². The summed E-state index contributed by atoms with van der Waals surface area (Å²) in [6, 6.07) is 1.85. The Morgan fingerprint density at radius 1 is 1.19 bits per heavy atom.